The van der Waals surface area contributed by atoms with E-state index >= 15 is 26.3 Å². The molecule has 2 aromatic heterocycles. The van der Waals surface area contributed by atoms with E-state index in [0.717, 1.165) is 60.9 Å². The number of benzene rings is 9. The van der Waals surface area contributed by atoms with Gasteiger partial charge < -0.3 is 9.13 Å². The summed E-state index contributed by atoms with van der Waals surface area (Å²) in [4.78, 5) is 0. The van der Waals surface area contributed by atoms with Gasteiger partial charge in [-0.2, -0.15) is 31.6 Å². The number of alkyl halides is 6. The van der Waals surface area contributed by atoms with E-state index in [2.05, 4.69) is 12.1 Å². The van der Waals surface area contributed by atoms with Gasteiger partial charge in [-0.05, 0) is 94.5 Å². The van der Waals surface area contributed by atoms with E-state index in [1.165, 1.54) is 12.1 Å². The van der Waals surface area contributed by atoms with Crippen LogP contribution in [0.3, 0.4) is 0 Å². The van der Waals surface area contributed by atoms with Crippen LogP contribution < -0.4 is 0 Å². The minimum Gasteiger partial charge on any atom is -0.309 e. The Balaban J connectivity index is 1.31. The van der Waals surface area contributed by atoms with Crippen molar-refractivity contribution in [1.82, 2.24) is 9.13 Å². The smallest absolute Gasteiger partial charge is 0.309 e. The predicted molar refractivity (Wildman–Crippen MR) is 252 cm³/mol. The van der Waals surface area contributed by atoms with E-state index in [1.54, 1.807) is 24.3 Å². The average molecular weight is 874 g/mol. The fourth-order valence-electron chi connectivity index (χ4n) is 9.68. The number of para-hydroxylation sites is 2. The molecule has 11 rings (SSSR count). The van der Waals surface area contributed by atoms with Crippen molar-refractivity contribution < 1.29 is 26.3 Å². The van der Waals surface area contributed by atoms with Crippen molar-refractivity contribution in [2.45, 2.75) is 12.4 Å². The normalized spacial score (nSPS) is 12.1. The van der Waals surface area contributed by atoms with E-state index in [-0.39, 0.29) is 27.9 Å². The number of hydrogen-bond acceptors (Lipinski definition) is 1. The Morgan fingerprint density at radius 3 is 1.26 bits per heavy atom. The number of fused-ring (bicyclic) bond motifs is 6. The third kappa shape index (κ3) is 6.52. The first-order valence-electron chi connectivity index (χ1n) is 21.1. The van der Waals surface area contributed by atoms with Crippen LogP contribution in [0, 0.1) is 11.3 Å². The molecule has 0 fully saturated rings. The number of rotatable bonds is 6. The van der Waals surface area contributed by atoms with Crippen LogP contribution in [0.1, 0.15) is 16.7 Å². The Morgan fingerprint density at radius 1 is 0.348 bits per heavy atom. The summed E-state index contributed by atoms with van der Waals surface area (Å²) in [7, 11) is 0. The molecular formula is C57H33F6N3. The molecule has 0 bridgehead atoms. The molecule has 66 heavy (non-hydrogen) atoms. The molecule has 318 valence electrons. The van der Waals surface area contributed by atoms with Gasteiger partial charge in [-0.1, -0.05) is 133 Å². The quantitative estimate of drug-likeness (QED) is 0.153. The van der Waals surface area contributed by atoms with Crippen molar-refractivity contribution in [2.75, 3.05) is 0 Å². The van der Waals surface area contributed by atoms with Crippen LogP contribution in [0.5, 0.6) is 0 Å². The Hall–Kier alpha value is -8.35. The average Bonchev–Trinajstić information content (AvgIpc) is 3.85. The Morgan fingerprint density at radius 2 is 0.773 bits per heavy atom. The lowest BCUT2D eigenvalue weighted by molar-refractivity contribution is -0.142. The summed E-state index contributed by atoms with van der Waals surface area (Å²) in [6, 6.07) is 60.8. The zero-order valence-electron chi connectivity index (χ0n) is 34.7. The number of nitriles is 1. The van der Waals surface area contributed by atoms with Crippen molar-refractivity contribution in [3.8, 4) is 62.0 Å². The molecule has 0 spiro atoms. The zero-order valence-corrected chi connectivity index (χ0v) is 34.7. The second-order valence-corrected chi connectivity index (χ2v) is 16.1. The van der Waals surface area contributed by atoms with E-state index in [0.29, 0.717) is 28.9 Å². The van der Waals surface area contributed by atoms with Crippen LogP contribution in [0.25, 0.3) is 99.5 Å². The second-order valence-electron chi connectivity index (χ2n) is 16.1. The van der Waals surface area contributed by atoms with Crippen LogP contribution in [0.15, 0.2) is 200 Å². The van der Waals surface area contributed by atoms with Crippen molar-refractivity contribution in [3.05, 3.63) is 217 Å². The van der Waals surface area contributed by atoms with Crippen LogP contribution in [0.4, 0.5) is 26.3 Å². The first kappa shape index (κ1) is 40.4. The molecule has 2 heterocycles. The molecule has 0 radical (unpaired) electrons. The van der Waals surface area contributed by atoms with E-state index in [9.17, 15) is 5.26 Å². The molecular weight excluding hydrogens is 841 g/mol. The van der Waals surface area contributed by atoms with E-state index in [1.807, 2.05) is 149 Å². The fraction of sp³-hybridized carbons (Fsp3) is 0.0351. The summed E-state index contributed by atoms with van der Waals surface area (Å²) in [5, 5.41) is 14.5. The fourth-order valence-corrected chi connectivity index (χ4v) is 9.68. The largest absolute Gasteiger partial charge is 0.417 e. The first-order chi connectivity index (χ1) is 32.0. The van der Waals surface area contributed by atoms with Gasteiger partial charge in [0.25, 0.3) is 0 Å². The Labute approximate surface area is 374 Å². The lowest BCUT2D eigenvalue weighted by Crippen LogP contribution is -2.15. The van der Waals surface area contributed by atoms with Crippen LogP contribution in [-0.2, 0) is 12.4 Å². The highest BCUT2D eigenvalue weighted by molar-refractivity contribution is 6.13. The summed E-state index contributed by atoms with van der Waals surface area (Å²) in [5.74, 6) is 0. The van der Waals surface area contributed by atoms with Crippen molar-refractivity contribution in [3.63, 3.8) is 0 Å². The summed E-state index contributed by atoms with van der Waals surface area (Å²) in [5.41, 5.74) is 3.26. The highest BCUT2D eigenvalue weighted by Crippen LogP contribution is 2.51. The van der Waals surface area contributed by atoms with Gasteiger partial charge in [0, 0.05) is 38.2 Å². The molecule has 0 saturated carbocycles. The molecule has 9 aromatic carbocycles. The molecule has 3 nitrogen and oxygen atoms in total. The third-order valence-corrected chi connectivity index (χ3v) is 12.4. The molecule has 0 atom stereocenters. The van der Waals surface area contributed by atoms with Crippen LogP contribution >= 0.6 is 0 Å². The van der Waals surface area contributed by atoms with Gasteiger partial charge in [0.2, 0.25) is 0 Å². The lowest BCUT2D eigenvalue weighted by Gasteiger charge is -2.25. The summed E-state index contributed by atoms with van der Waals surface area (Å²) in [6.45, 7) is 0. The van der Waals surface area contributed by atoms with Crippen molar-refractivity contribution in [2.24, 2.45) is 0 Å². The molecule has 0 aliphatic carbocycles. The number of hydrogen-bond donors (Lipinski definition) is 0. The standard InChI is InChI=1S/C57H33F6N3/c58-56(59,60)45-22-13-23-46(57(61,62)63)54(45)42-21-12-27-52(66-48-25-10-8-20-41(48)44-33-38(29-31-50(44)66)36-16-5-2-6-17-36)55(42)53-39(34-64)18-11-26-51(53)65-47-24-9-7-19-40(47)43-32-37(28-30-49(43)65)35-14-3-1-4-15-35/h1-33H. The molecule has 0 amide bonds. The molecule has 11 aromatic rings. The summed E-state index contributed by atoms with van der Waals surface area (Å²) < 4.78 is 95.8. The van der Waals surface area contributed by atoms with E-state index in [4.69, 9.17) is 0 Å². The molecule has 0 saturated heterocycles. The Kier molecular flexibility index (Phi) is 9.45. The highest BCUT2D eigenvalue weighted by Gasteiger charge is 2.42. The van der Waals surface area contributed by atoms with Gasteiger partial charge in [0.15, 0.2) is 0 Å². The lowest BCUT2D eigenvalue weighted by atomic mass is 9.85. The third-order valence-electron chi connectivity index (χ3n) is 12.4. The maximum atomic E-state index is 15.3. The van der Waals surface area contributed by atoms with Gasteiger partial charge in [-0.25, -0.2) is 0 Å². The maximum absolute atomic E-state index is 15.3. The minimum absolute atomic E-state index is 0.0217. The zero-order chi connectivity index (χ0) is 45.3. The second kappa shape index (κ2) is 15.4. The predicted octanol–water partition coefficient (Wildman–Crippen LogP) is 16.5. The number of halogens is 6. The SMILES string of the molecule is N#Cc1cccc(-n2c3ccccc3c3cc(-c4ccccc4)ccc32)c1-c1c(-c2c(C(F)(F)F)cccc2C(F)(F)F)cccc1-n1c2ccccc2c2cc(-c3ccccc3)ccc21. The monoisotopic (exact) mass is 873 g/mol. The Bertz CT molecular complexity index is 3710. The summed E-state index contributed by atoms with van der Waals surface area (Å²) in [6.07, 6.45) is -10.4. The molecule has 9 heteroatoms. The van der Waals surface area contributed by atoms with Gasteiger partial charge in [-0.3, -0.25) is 0 Å². The first-order valence-corrected chi connectivity index (χ1v) is 21.1. The van der Waals surface area contributed by atoms with Crippen molar-refractivity contribution in [1.29, 1.82) is 5.26 Å². The topological polar surface area (TPSA) is 33.6 Å². The van der Waals surface area contributed by atoms with E-state index < -0.39 is 29.0 Å². The highest BCUT2D eigenvalue weighted by atomic mass is 19.4. The summed E-state index contributed by atoms with van der Waals surface area (Å²) >= 11 is 0. The molecule has 0 unspecified atom stereocenters. The maximum Gasteiger partial charge on any atom is 0.417 e. The van der Waals surface area contributed by atoms with Gasteiger partial charge >= 0.3 is 12.4 Å². The van der Waals surface area contributed by atoms with Gasteiger partial charge in [0.1, 0.15) is 0 Å². The van der Waals surface area contributed by atoms with Crippen LogP contribution in [0.2, 0.25) is 0 Å². The minimum atomic E-state index is -5.19. The van der Waals surface area contributed by atoms with Gasteiger partial charge in [-0.15, -0.1) is 0 Å². The molecule has 0 N–H and O–H groups in total. The molecule has 0 aliphatic rings. The number of aromatic nitrogens is 2. The van der Waals surface area contributed by atoms with Crippen molar-refractivity contribution >= 4 is 43.6 Å². The molecule has 0 aliphatic heterocycles. The number of nitrogens with zero attached hydrogens (tertiary/aromatic N) is 3. The van der Waals surface area contributed by atoms with Crippen LogP contribution in [-0.4, -0.2) is 9.13 Å². The van der Waals surface area contributed by atoms with Gasteiger partial charge in [0.05, 0.1) is 56.2 Å².